The van der Waals surface area contributed by atoms with Crippen molar-refractivity contribution in [3.05, 3.63) is 35.7 Å². The van der Waals surface area contributed by atoms with E-state index in [4.69, 9.17) is 10.5 Å². The molecule has 0 aliphatic heterocycles. The molecule has 0 heterocycles. The highest BCUT2D eigenvalue weighted by atomic mass is 32.2. The smallest absolute Gasteiger partial charge is 0.241 e. The molecule has 0 fully saturated rings. The number of amides is 1. The highest BCUT2D eigenvalue weighted by Gasteiger charge is 1.92. The Morgan fingerprint density at radius 2 is 2.07 bits per heavy atom. The van der Waals surface area contributed by atoms with Crippen LogP contribution in [0, 0.1) is 0 Å². The Morgan fingerprint density at radius 3 is 2.57 bits per heavy atom. The topological polar surface area (TPSA) is 52.3 Å². The minimum atomic E-state index is -0.439. The SMILES string of the molecule is COc1ccc(S/C=C\C(N)=O)cc1. The molecular formula is C10H11NO2S. The van der Waals surface area contributed by atoms with E-state index in [2.05, 4.69) is 0 Å². The van der Waals surface area contributed by atoms with Gasteiger partial charge in [0.15, 0.2) is 0 Å². The van der Waals surface area contributed by atoms with Gasteiger partial charge in [-0.05, 0) is 29.7 Å². The van der Waals surface area contributed by atoms with Gasteiger partial charge in [-0.2, -0.15) is 0 Å². The first-order chi connectivity index (χ1) is 6.72. The van der Waals surface area contributed by atoms with Gasteiger partial charge in [-0.1, -0.05) is 11.8 Å². The van der Waals surface area contributed by atoms with Crippen LogP contribution in [0.4, 0.5) is 0 Å². The number of nitrogens with two attached hydrogens (primary N) is 1. The lowest BCUT2D eigenvalue weighted by Crippen LogP contribution is -2.04. The Bertz CT molecular complexity index is 332. The normalized spacial score (nSPS) is 10.4. The quantitative estimate of drug-likeness (QED) is 0.607. The minimum absolute atomic E-state index is 0.439. The molecule has 1 rings (SSSR count). The molecule has 74 valence electrons. The number of benzene rings is 1. The van der Waals surface area contributed by atoms with Crippen molar-refractivity contribution in [2.45, 2.75) is 4.90 Å². The zero-order valence-electron chi connectivity index (χ0n) is 7.77. The van der Waals surface area contributed by atoms with Gasteiger partial charge in [0.2, 0.25) is 5.91 Å². The fourth-order valence-electron chi connectivity index (χ4n) is 0.834. The van der Waals surface area contributed by atoms with Gasteiger partial charge in [0.25, 0.3) is 0 Å². The largest absolute Gasteiger partial charge is 0.497 e. The summed E-state index contributed by atoms with van der Waals surface area (Å²) in [6.45, 7) is 0. The van der Waals surface area contributed by atoms with Crippen LogP contribution < -0.4 is 10.5 Å². The second kappa shape index (κ2) is 5.34. The fourth-order valence-corrected chi connectivity index (χ4v) is 1.49. The number of hydrogen-bond donors (Lipinski definition) is 1. The van der Waals surface area contributed by atoms with E-state index in [1.807, 2.05) is 24.3 Å². The summed E-state index contributed by atoms with van der Waals surface area (Å²) in [6.07, 6.45) is 1.33. The Hall–Kier alpha value is -1.42. The number of thioether (sulfide) groups is 1. The lowest BCUT2D eigenvalue weighted by atomic mass is 10.3. The molecule has 2 N–H and O–H groups in total. The maximum atomic E-state index is 10.4. The van der Waals surface area contributed by atoms with Crippen molar-refractivity contribution in [1.82, 2.24) is 0 Å². The summed E-state index contributed by atoms with van der Waals surface area (Å²) < 4.78 is 5.01. The van der Waals surface area contributed by atoms with Crippen LogP contribution in [-0.4, -0.2) is 13.0 Å². The number of carbonyl (C=O) groups is 1. The van der Waals surface area contributed by atoms with Crippen molar-refractivity contribution >= 4 is 17.7 Å². The van der Waals surface area contributed by atoms with Crippen molar-refractivity contribution in [3.63, 3.8) is 0 Å². The molecular weight excluding hydrogens is 198 g/mol. The van der Waals surface area contributed by atoms with Crippen LogP contribution >= 0.6 is 11.8 Å². The standard InChI is InChI=1S/C10H11NO2S/c1-13-8-2-4-9(5-3-8)14-7-6-10(11)12/h2-7H,1H3,(H2,11,12)/b7-6-. The Kier molecular flexibility index (Phi) is 4.07. The molecule has 0 unspecified atom stereocenters. The lowest BCUT2D eigenvalue weighted by molar-refractivity contribution is -0.113. The van der Waals surface area contributed by atoms with Crippen molar-refractivity contribution in [2.24, 2.45) is 5.73 Å². The summed E-state index contributed by atoms with van der Waals surface area (Å²) in [4.78, 5) is 11.4. The predicted molar refractivity (Wildman–Crippen MR) is 57.2 cm³/mol. The first-order valence-electron chi connectivity index (χ1n) is 3.99. The number of methoxy groups -OCH3 is 1. The number of rotatable bonds is 4. The molecule has 0 radical (unpaired) electrons. The molecule has 3 nitrogen and oxygen atoms in total. The number of primary amides is 1. The number of ether oxygens (including phenoxy) is 1. The van der Waals surface area contributed by atoms with Crippen LogP contribution in [0.1, 0.15) is 0 Å². The highest BCUT2D eigenvalue weighted by molar-refractivity contribution is 8.02. The third-order valence-corrected chi connectivity index (χ3v) is 2.31. The monoisotopic (exact) mass is 209 g/mol. The van der Waals surface area contributed by atoms with Crippen molar-refractivity contribution < 1.29 is 9.53 Å². The molecule has 1 amide bonds. The minimum Gasteiger partial charge on any atom is -0.497 e. The van der Waals surface area contributed by atoms with Crippen LogP contribution in [0.15, 0.2) is 40.6 Å². The molecule has 4 heteroatoms. The van der Waals surface area contributed by atoms with Gasteiger partial charge in [0.05, 0.1) is 7.11 Å². The van der Waals surface area contributed by atoms with Gasteiger partial charge in [0, 0.05) is 11.0 Å². The van der Waals surface area contributed by atoms with E-state index >= 15 is 0 Å². The molecule has 0 atom stereocenters. The summed E-state index contributed by atoms with van der Waals surface area (Å²) >= 11 is 1.43. The number of hydrogen-bond acceptors (Lipinski definition) is 3. The molecule has 1 aromatic carbocycles. The van der Waals surface area contributed by atoms with E-state index in [9.17, 15) is 4.79 Å². The van der Waals surface area contributed by atoms with Crippen LogP contribution in [0.3, 0.4) is 0 Å². The van der Waals surface area contributed by atoms with Gasteiger partial charge in [0.1, 0.15) is 5.75 Å². The van der Waals surface area contributed by atoms with Gasteiger partial charge >= 0.3 is 0 Å². The van der Waals surface area contributed by atoms with E-state index in [-0.39, 0.29) is 0 Å². The third kappa shape index (κ3) is 3.53. The average Bonchev–Trinajstić information content (AvgIpc) is 2.18. The molecule has 0 aromatic heterocycles. The molecule has 0 saturated heterocycles. The molecule has 0 aliphatic rings. The summed E-state index contributed by atoms with van der Waals surface area (Å²) in [5.41, 5.74) is 4.94. The summed E-state index contributed by atoms with van der Waals surface area (Å²) in [5, 5.41) is 1.66. The molecule has 0 spiro atoms. The van der Waals surface area contributed by atoms with Gasteiger partial charge in [-0.3, -0.25) is 4.79 Å². The highest BCUT2D eigenvalue weighted by Crippen LogP contribution is 2.21. The van der Waals surface area contributed by atoms with E-state index in [1.165, 1.54) is 17.8 Å². The predicted octanol–water partition coefficient (Wildman–Crippen LogP) is 1.79. The van der Waals surface area contributed by atoms with E-state index in [0.717, 1.165) is 10.6 Å². The molecule has 1 aromatic rings. The van der Waals surface area contributed by atoms with E-state index < -0.39 is 5.91 Å². The molecule has 0 aliphatic carbocycles. The van der Waals surface area contributed by atoms with E-state index in [1.54, 1.807) is 12.5 Å². The van der Waals surface area contributed by atoms with Crippen molar-refractivity contribution in [1.29, 1.82) is 0 Å². The number of carbonyl (C=O) groups excluding carboxylic acids is 1. The second-order valence-electron chi connectivity index (χ2n) is 2.50. The summed E-state index contributed by atoms with van der Waals surface area (Å²) in [5.74, 6) is 0.374. The Balaban J connectivity index is 2.56. The van der Waals surface area contributed by atoms with Crippen LogP contribution in [0.2, 0.25) is 0 Å². The second-order valence-corrected chi connectivity index (χ2v) is 3.48. The van der Waals surface area contributed by atoms with Crippen LogP contribution in [0.5, 0.6) is 5.75 Å². The average molecular weight is 209 g/mol. The maximum Gasteiger partial charge on any atom is 0.241 e. The van der Waals surface area contributed by atoms with Crippen molar-refractivity contribution in [3.8, 4) is 5.75 Å². The van der Waals surface area contributed by atoms with Crippen molar-refractivity contribution in [2.75, 3.05) is 7.11 Å². The first kappa shape index (κ1) is 10.7. The summed E-state index contributed by atoms with van der Waals surface area (Å²) in [7, 11) is 1.62. The van der Waals surface area contributed by atoms with Crippen LogP contribution in [-0.2, 0) is 4.79 Å². The maximum absolute atomic E-state index is 10.4. The molecule has 14 heavy (non-hydrogen) atoms. The van der Waals surface area contributed by atoms with E-state index in [0.29, 0.717) is 0 Å². The molecule has 0 saturated carbocycles. The van der Waals surface area contributed by atoms with Gasteiger partial charge < -0.3 is 10.5 Å². The molecule has 0 bridgehead atoms. The zero-order chi connectivity index (χ0) is 10.4. The Labute approximate surface area is 86.9 Å². The van der Waals surface area contributed by atoms with Gasteiger partial charge in [-0.25, -0.2) is 0 Å². The lowest BCUT2D eigenvalue weighted by Gasteiger charge is -1.99. The first-order valence-corrected chi connectivity index (χ1v) is 4.87. The zero-order valence-corrected chi connectivity index (χ0v) is 8.58. The summed E-state index contributed by atoms with van der Waals surface area (Å²) in [6, 6.07) is 7.55. The van der Waals surface area contributed by atoms with Gasteiger partial charge in [-0.15, -0.1) is 0 Å². The third-order valence-electron chi connectivity index (χ3n) is 1.50. The fraction of sp³-hybridized carbons (Fsp3) is 0.100. The van der Waals surface area contributed by atoms with Crippen LogP contribution in [0.25, 0.3) is 0 Å². The Morgan fingerprint density at radius 1 is 1.43 bits per heavy atom.